The summed E-state index contributed by atoms with van der Waals surface area (Å²) in [6.45, 7) is 2.23. The Morgan fingerprint density at radius 2 is 1.08 bits per heavy atom. The molecule has 0 saturated carbocycles. The Hall–Kier alpha value is -3.06. The second-order valence-electron chi connectivity index (χ2n) is 8.52. The Balaban J connectivity index is 1.49. The van der Waals surface area contributed by atoms with E-state index in [9.17, 15) is 28.8 Å². The molecule has 208 valence electrons. The number of hydrogen-bond acceptors (Lipinski definition) is 13. The summed E-state index contributed by atoms with van der Waals surface area (Å²) in [7, 11) is 0. The lowest BCUT2D eigenvalue weighted by Crippen LogP contribution is -2.37. The third-order valence-corrected chi connectivity index (χ3v) is 5.65. The molecular weight excluding hydrogens is 496 g/mol. The summed E-state index contributed by atoms with van der Waals surface area (Å²) in [5.74, 6) is -5.42. The summed E-state index contributed by atoms with van der Waals surface area (Å²) in [5.41, 5.74) is 0. The summed E-state index contributed by atoms with van der Waals surface area (Å²) in [6, 6.07) is 0. The van der Waals surface area contributed by atoms with Crippen LogP contribution >= 0.6 is 0 Å². The Morgan fingerprint density at radius 1 is 0.649 bits per heavy atom. The van der Waals surface area contributed by atoms with Crippen molar-refractivity contribution < 1.29 is 61.9 Å². The average Bonchev–Trinajstić information content (AvgIpc) is 3.47. The fraction of sp³-hybridized carbons (Fsp3) is 0.750. The number of ether oxygens (including phenoxy) is 7. The molecule has 4 atom stereocenters. The maximum atomic E-state index is 12.0. The second-order valence-corrected chi connectivity index (χ2v) is 8.52. The van der Waals surface area contributed by atoms with Gasteiger partial charge in [0.05, 0.1) is 33.0 Å². The minimum atomic E-state index is -1.20. The van der Waals surface area contributed by atoms with Gasteiger partial charge < -0.3 is 33.2 Å². The molecule has 2 saturated heterocycles. The number of carbonyl (C=O) groups excluding carboxylic acids is 6. The molecule has 0 radical (unpaired) electrons. The highest BCUT2D eigenvalue weighted by Gasteiger charge is 2.51. The fourth-order valence-electron chi connectivity index (χ4n) is 3.75. The van der Waals surface area contributed by atoms with Crippen molar-refractivity contribution in [3.05, 3.63) is 0 Å². The van der Waals surface area contributed by atoms with Crippen molar-refractivity contribution in [2.45, 2.75) is 82.7 Å². The topological polar surface area (TPSA) is 167 Å². The van der Waals surface area contributed by atoms with Crippen LogP contribution in [0.1, 0.15) is 58.3 Å². The zero-order valence-corrected chi connectivity index (χ0v) is 20.9. The average molecular weight is 531 g/mol. The third-order valence-electron chi connectivity index (χ3n) is 5.65. The van der Waals surface area contributed by atoms with Crippen LogP contribution in [-0.2, 0) is 61.9 Å². The molecule has 2 heterocycles. The van der Waals surface area contributed by atoms with Crippen molar-refractivity contribution in [2.24, 2.45) is 0 Å². The predicted molar refractivity (Wildman–Crippen MR) is 121 cm³/mol. The standard InChI is InChI=1S/C24H34O13/c1-2-3-4-7-10-31-21(27)22(28)32-11-8-5-6-9-12-33-23(29)24(30)37-17-15-35-19-16(14-34-20(17)19)36-18(26)13-25/h13,16-17,19-20H,2-12,14-15H2,1H3/t16-,17-,19?,20?/m1/s1. The summed E-state index contributed by atoms with van der Waals surface area (Å²) >= 11 is 0. The van der Waals surface area contributed by atoms with Gasteiger partial charge in [-0.2, -0.15) is 0 Å². The molecule has 0 amide bonds. The molecule has 0 spiro atoms. The van der Waals surface area contributed by atoms with Gasteiger partial charge >= 0.3 is 29.8 Å². The van der Waals surface area contributed by atoms with Gasteiger partial charge in [0.25, 0.3) is 0 Å². The van der Waals surface area contributed by atoms with E-state index in [1.165, 1.54) is 0 Å². The van der Waals surface area contributed by atoms with Crippen LogP contribution in [0.4, 0.5) is 0 Å². The number of carbonyl (C=O) groups is 6. The van der Waals surface area contributed by atoms with Crippen molar-refractivity contribution in [3.8, 4) is 0 Å². The Labute approximate surface area is 214 Å². The molecule has 0 aromatic rings. The summed E-state index contributed by atoms with van der Waals surface area (Å²) in [6.07, 6.45) is 2.91. The minimum Gasteiger partial charge on any atom is -0.457 e. The van der Waals surface area contributed by atoms with Crippen LogP contribution in [0.2, 0.25) is 0 Å². The molecule has 2 fully saturated rings. The van der Waals surface area contributed by atoms with E-state index in [0.29, 0.717) is 32.1 Å². The monoisotopic (exact) mass is 530 g/mol. The van der Waals surface area contributed by atoms with E-state index in [2.05, 4.69) is 6.92 Å². The Bertz CT molecular complexity index is 796. The molecule has 0 aromatic carbocycles. The SMILES string of the molecule is CCCCCCOC(=O)C(=O)OCCCCCCOC(=O)C(=O)O[C@@H]1COC2C1OC[C@H]2OC(=O)C=O. The maximum Gasteiger partial charge on any atom is 0.417 e. The second kappa shape index (κ2) is 16.6. The lowest BCUT2D eigenvalue weighted by molar-refractivity contribution is -0.173. The van der Waals surface area contributed by atoms with Gasteiger partial charge in [-0.3, -0.25) is 4.79 Å². The fourth-order valence-corrected chi connectivity index (χ4v) is 3.75. The summed E-state index contributed by atoms with van der Waals surface area (Å²) in [5, 5.41) is 0. The molecule has 0 N–H and O–H groups in total. The Kier molecular flexibility index (Phi) is 13.6. The molecule has 0 bridgehead atoms. The van der Waals surface area contributed by atoms with Crippen molar-refractivity contribution in [1.82, 2.24) is 0 Å². The number of aldehydes is 1. The number of fused-ring (bicyclic) bond motifs is 1. The highest BCUT2D eigenvalue weighted by Crippen LogP contribution is 2.30. The molecule has 2 unspecified atom stereocenters. The molecule has 2 aliphatic heterocycles. The molecule has 0 aromatic heterocycles. The molecule has 0 aliphatic carbocycles. The normalized spacial score (nSPS) is 22.0. The van der Waals surface area contributed by atoms with Crippen molar-refractivity contribution in [3.63, 3.8) is 0 Å². The maximum absolute atomic E-state index is 12.0. The zero-order valence-electron chi connectivity index (χ0n) is 20.9. The van der Waals surface area contributed by atoms with Gasteiger partial charge in [0, 0.05) is 0 Å². The van der Waals surface area contributed by atoms with Gasteiger partial charge in [-0.1, -0.05) is 26.2 Å². The first-order chi connectivity index (χ1) is 17.9. The smallest absolute Gasteiger partial charge is 0.417 e. The van der Waals surface area contributed by atoms with Gasteiger partial charge in [0.15, 0.2) is 12.2 Å². The van der Waals surface area contributed by atoms with E-state index < -0.39 is 54.3 Å². The van der Waals surface area contributed by atoms with E-state index in [1.807, 2.05) is 0 Å². The van der Waals surface area contributed by atoms with E-state index in [0.717, 1.165) is 19.3 Å². The quantitative estimate of drug-likeness (QED) is 0.0949. The summed E-state index contributed by atoms with van der Waals surface area (Å²) < 4.78 is 35.5. The lowest BCUT2D eigenvalue weighted by Gasteiger charge is -2.16. The highest BCUT2D eigenvalue weighted by atomic mass is 16.7. The molecule has 13 heteroatoms. The van der Waals surface area contributed by atoms with Crippen molar-refractivity contribution in [1.29, 1.82) is 0 Å². The van der Waals surface area contributed by atoms with Gasteiger partial charge in [-0.25, -0.2) is 24.0 Å². The molecule has 2 rings (SSSR count). The minimum absolute atomic E-state index is 0.00841. The molecule has 13 nitrogen and oxygen atoms in total. The van der Waals surface area contributed by atoms with E-state index in [4.69, 9.17) is 33.2 Å². The van der Waals surface area contributed by atoms with Crippen LogP contribution in [0.3, 0.4) is 0 Å². The van der Waals surface area contributed by atoms with E-state index in [-0.39, 0.29) is 39.3 Å². The van der Waals surface area contributed by atoms with Crippen LogP contribution in [0.15, 0.2) is 0 Å². The van der Waals surface area contributed by atoms with Crippen molar-refractivity contribution in [2.75, 3.05) is 33.0 Å². The first-order valence-electron chi connectivity index (χ1n) is 12.5. The van der Waals surface area contributed by atoms with E-state index in [1.54, 1.807) is 0 Å². The first kappa shape index (κ1) is 30.2. The van der Waals surface area contributed by atoms with Crippen molar-refractivity contribution >= 4 is 36.1 Å². The predicted octanol–water partition coefficient (Wildman–Crippen LogP) is 0.577. The third kappa shape index (κ3) is 10.4. The van der Waals surface area contributed by atoms with Gasteiger partial charge in [0.1, 0.15) is 12.2 Å². The Morgan fingerprint density at radius 3 is 1.54 bits per heavy atom. The number of rotatable bonds is 15. The van der Waals surface area contributed by atoms with Crippen LogP contribution in [0.25, 0.3) is 0 Å². The molecule has 2 aliphatic rings. The number of unbranched alkanes of at least 4 members (excludes halogenated alkanes) is 6. The molecular formula is C24H34O13. The van der Waals surface area contributed by atoms with Gasteiger partial charge in [0.2, 0.25) is 6.29 Å². The largest absolute Gasteiger partial charge is 0.457 e. The number of esters is 5. The zero-order chi connectivity index (χ0) is 27.0. The molecule has 37 heavy (non-hydrogen) atoms. The van der Waals surface area contributed by atoms with Crippen LogP contribution in [0.5, 0.6) is 0 Å². The van der Waals surface area contributed by atoms with E-state index >= 15 is 0 Å². The van der Waals surface area contributed by atoms with Crippen LogP contribution in [-0.4, -0.2) is 93.6 Å². The van der Waals surface area contributed by atoms with Crippen LogP contribution < -0.4 is 0 Å². The first-order valence-corrected chi connectivity index (χ1v) is 12.5. The highest BCUT2D eigenvalue weighted by molar-refractivity contribution is 6.30. The lowest BCUT2D eigenvalue weighted by atomic mass is 10.1. The van der Waals surface area contributed by atoms with Gasteiger partial charge in [-0.05, 0) is 32.1 Å². The van der Waals surface area contributed by atoms with Gasteiger partial charge in [-0.15, -0.1) is 0 Å². The summed E-state index contributed by atoms with van der Waals surface area (Å²) in [4.78, 5) is 68.5. The number of hydrogen-bond donors (Lipinski definition) is 0. The van der Waals surface area contributed by atoms with Crippen LogP contribution in [0, 0.1) is 0 Å².